The topological polar surface area (TPSA) is 63.5 Å². The Morgan fingerprint density at radius 1 is 0.939 bits per heavy atom. The van der Waals surface area contributed by atoms with E-state index < -0.39 is 0 Å². The van der Waals surface area contributed by atoms with E-state index in [-0.39, 0.29) is 12.0 Å². The largest absolute Gasteiger partial charge is 0.490 e. The molecule has 7 nitrogen and oxygen atoms in total. The van der Waals surface area contributed by atoms with Gasteiger partial charge in [0.25, 0.3) is 5.91 Å². The fraction of sp³-hybridized carbons (Fsp3) is 0.423. The van der Waals surface area contributed by atoms with Gasteiger partial charge in [-0.1, -0.05) is 30.3 Å². The third-order valence-corrected chi connectivity index (χ3v) is 6.87. The summed E-state index contributed by atoms with van der Waals surface area (Å²) in [5, 5.41) is 4.57. The molecule has 2 aliphatic rings. The van der Waals surface area contributed by atoms with E-state index in [1.807, 2.05) is 60.5 Å². The zero-order valence-electron chi connectivity index (χ0n) is 19.1. The predicted molar refractivity (Wildman–Crippen MR) is 127 cm³/mol. The van der Waals surface area contributed by atoms with Crippen LogP contribution in [0.1, 0.15) is 36.2 Å². The number of benzene rings is 1. The van der Waals surface area contributed by atoms with E-state index in [9.17, 15) is 4.79 Å². The van der Waals surface area contributed by atoms with Gasteiger partial charge in [0.2, 0.25) is 0 Å². The summed E-state index contributed by atoms with van der Waals surface area (Å²) in [6.07, 6.45) is 7.93. The molecule has 0 spiro atoms. The van der Waals surface area contributed by atoms with Gasteiger partial charge in [-0.05, 0) is 43.9 Å². The molecule has 7 heteroatoms. The van der Waals surface area contributed by atoms with Crippen molar-refractivity contribution in [3.63, 3.8) is 0 Å². The van der Waals surface area contributed by atoms with E-state index in [0.717, 1.165) is 68.9 Å². The Balaban J connectivity index is 1.13. The van der Waals surface area contributed by atoms with Crippen LogP contribution >= 0.6 is 0 Å². The fourth-order valence-electron chi connectivity index (χ4n) is 4.98. The summed E-state index contributed by atoms with van der Waals surface area (Å²) in [5.41, 5.74) is 2.52. The number of hydrogen-bond donors (Lipinski definition) is 0. The monoisotopic (exact) mass is 445 g/mol. The fourth-order valence-corrected chi connectivity index (χ4v) is 4.98. The Morgan fingerprint density at radius 2 is 1.64 bits per heavy atom. The van der Waals surface area contributed by atoms with Crippen LogP contribution in [0.15, 0.2) is 60.9 Å². The number of hydrogen-bond acceptors (Lipinski definition) is 5. The second-order valence-corrected chi connectivity index (χ2v) is 8.96. The second kappa shape index (κ2) is 9.75. The average Bonchev–Trinajstić information content (AvgIpc) is 3.27. The maximum atomic E-state index is 13.2. The van der Waals surface area contributed by atoms with Crippen LogP contribution in [0.25, 0.3) is 11.3 Å². The van der Waals surface area contributed by atoms with E-state index >= 15 is 0 Å². The molecule has 0 saturated carbocycles. The molecule has 0 N–H and O–H groups in total. The van der Waals surface area contributed by atoms with Gasteiger partial charge in [0.05, 0.1) is 5.69 Å². The average molecular weight is 446 g/mol. The summed E-state index contributed by atoms with van der Waals surface area (Å²) in [7, 11) is 1.85. The quantitative estimate of drug-likeness (QED) is 0.600. The summed E-state index contributed by atoms with van der Waals surface area (Å²) in [5.74, 6) is 0.982. The summed E-state index contributed by atoms with van der Waals surface area (Å²) in [6.45, 7) is 3.69. The van der Waals surface area contributed by atoms with Crippen molar-refractivity contribution in [2.24, 2.45) is 7.05 Å². The second-order valence-electron chi connectivity index (χ2n) is 8.96. The lowest BCUT2D eigenvalue weighted by molar-refractivity contribution is 0.0420. The molecule has 0 unspecified atom stereocenters. The van der Waals surface area contributed by atoms with Crippen LogP contribution in [0.5, 0.6) is 5.75 Å². The van der Waals surface area contributed by atoms with Crippen molar-refractivity contribution in [2.75, 3.05) is 26.2 Å². The molecule has 5 rings (SSSR count). The molecular weight excluding hydrogens is 414 g/mol. The van der Waals surface area contributed by atoms with Crippen LogP contribution in [-0.4, -0.2) is 68.8 Å². The van der Waals surface area contributed by atoms with Gasteiger partial charge in [-0.3, -0.25) is 19.4 Å². The number of rotatable bonds is 5. The third-order valence-electron chi connectivity index (χ3n) is 6.87. The predicted octanol–water partition coefficient (Wildman–Crippen LogP) is 3.63. The van der Waals surface area contributed by atoms with E-state index in [0.29, 0.717) is 11.7 Å². The molecule has 2 aromatic heterocycles. The van der Waals surface area contributed by atoms with Gasteiger partial charge in [-0.25, -0.2) is 0 Å². The lowest BCUT2D eigenvalue weighted by Crippen LogP contribution is -2.50. The Morgan fingerprint density at radius 3 is 2.33 bits per heavy atom. The van der Waals surface area contributed by atoms with Crippen LogP contribution < -0.4 is 4.74 Å². The smallest absolute Gasteiger partial charge is 0.272 e. The van der Waals surface area contributed by atoms with Crippen molar-refractivity contribution in [1.29, 1.82) is 0 Å². The zero-order chi connectivity index (χ0) is 22.6. The molecule has 33 heavy (non-hydrogen) atoms. The van der Waals surface area contributed by atoms with Crippen molar-refractivity contribution >= 4 is 5.91 Å². The zero-order valence-corrected chi connectivity index (χ0v) is 19.1. The van der Waals surface area contributed by atoms with Crippen LogP contribution in [0, 0.1) is 0 Å². The molecule has 172 valence electrons. The van der Waals surface area contributed by atoms with Crippen LogP contribution in [0.2, 0.25) is 0 Å². The van der Waals surface area contributed by atoms with Gasteiger partial charge in [0.1, 0.15) is 17.5 Å². The van der Waals surface area contributed by atoms with Gasteiger partial charge < -0.3 is 9.64 Å². The number of aromatic nitrogens is 3. The first kappa shape index (κ1) is 21.6. The van der Waals surface area contributed by atoms with Gasteiger partial charge in [0, 0.05) is 57.2 Å². The number of carbonyl (C=O) groups is 1. The molecule has 4 heterocycles. The number of aryl methyl sites for hydroxylation is 1. The highest BCUT2D eigenvalue weighted by Crippen LogP contribution is 2.25. The maximum Gasteiger partial charge on any atom is 0.272 e. The molecule has 3 aromatic rings. The van der Waals surface area contributed by atoms with E-state index in [1.165, 1.54) is 0 Å². The molecule has 2 aliphatic heterocycles. The first-order valence-corrected chi connectivity index (χ1v) is 11.9. The minimum Gasteiger partial charge on any atom is -0.490 e. The van der Waals surface area contributed by atoms with Crippen LogP contribution in [0.4, 0.5) is 0 Å². The molecule has 1 aromatic carbocycles. The molecule has 0 aliphatic carbocycles. The molecule has 1 amide bonds. The van der Waals surface area contributed by atoms with Gasteiger partial charge in [-0.15, -0.1) is 0 Å². The minimum atomic E-state index is 0.0788. The number of pyridine rings is 1. The van der Waals surface area contributed by atoms with Gasteiger partial charge in [0.15, 0.2) is 0 Å². The highest BCUT2D eigenvalue weighted by molar-refractivity contribution is 5.93. The number of carbonyl (C=O) groups excluding carboxylic acids is 1. The Kier molecular flexibility index (Phi) is 6.39. The molecule has 2 saturated heterocycles. The van der Waals surface area contributed by atoms with Crippen LogP contribution in [-0.2, 0) is 7.05 Å². The molecule has 0 radical (unpaired) electrons. The molecule has 2 fully saturated rings. The first-order chi connectivity index (χ1) is 16.2. The highest BCUT2D eigenvalue weighted by Gasteiger charge is 2.31. The van der Waals surface area contributed by atoms with Crippen molar-refractivity contribution < 1.29 is 9.53 Å². The number of piperidine rings is 2. The van der Waals surface area contributed by atoms with Crippen molar-refractivity contribution in [2.45, 2.75) is 37.8 Å². The van der Waals surface area contributed by atoms with Crippen LogP contribution in [0.3, 0.4) is 0 Å². The Labute approximate surface area is 195 Å². The van der Waals surface area contributed by atoms with E-state index in [2.05, 4.69) is 15.0 Å². The number of amides is 1. The standard InChI is InChI=1S/C26H31N5O2/c1-29-25(19-24(28-29)20-5-3-2-4-6-20)26(32)31-15-9-21(10-16-31)30-17-11-23(12-18-30)33-22-7-13-27-14-8-22/h2-8,13-14,19,21,23H,9-12,15-18H2,1H3. The first-order valence-electron chi connectivity index (χ1n) is 11.9. The summed E-state index contributed by atoms with van der Waals surface area (Å²) in [4.78, 5) is 21.8. The number of ether oxygens (including phenoxy) is 1. The number of nitrogens with zero attached hydrogens (tertiary/aromatic N) is 5. The third kappa shape index (κ3) is 4.93. The lowest BCUT2D eigenvalue weighted by Gasteiger charge is -2.41. The Bertz CT molecular complexity index is 1050. The highest BCUT2D eigenvalue weighted by atomic mass is 16.5. The van der Waals surface area contributed by atoms with Gasteiger partial charge in [-0.2, -0.15) is 5.10 Å². The number of likely N-dealkylation sites (tertiary alicyclic amines) is 2. The summed E-state index contributed by atoms with van der Waals surface area (Å²) in [6, 6.07) is 16.3. The normalized spacial score (nSPS) is 18.4. The Hall–Kier alpha value is -3.19. The summed E-state index contributed by atoms with van der Waals surface area (Å²) >= 11 is 0. The molecular formula is C26H31N5O2. The van der Waals surface area contributed by atoms with Crippen molar-refractivity contribution in [3.8, 4) is 17.0 Å². The lowest BCUT2D eigenvalue weighted by atomic mass is 9.98. The van der Waals surface area contributed by atoms with E-state index in [4.69, 9.17) is 4.74 Å². The molecule has 0 atom stereocenters. The van der Waals surface area contributed by atoms with E-state index in [1.54, 1.807) is 17.1 Å². The maximum absolute atomic E-state index is 13.2. The van der Waals surface area contributed by atoms with Gasteiger partial charge >= 0.3 is 0 Å². The summed E-state index contributed by atoms with van der Waals surface area (Å²) < 4.78 is 7.82. The van der Waals surface area contributed by atoms with Crippen molar-refractivity contribution in [1.82, 2.24) is 24.6 Å². The SMILES string of the molecule is Cn1nc(-c2ccccc2)cc1C(=O)N1CCC(N2CCC(Oc3ccncc3)CC2)CC1. The molecule has 0 bridgehead atoms. The minimum absolute atomic E-state index is 0.0788. The van der Waals surface area contributed by atoms with Crippen molar-refractivity contribution in [3.05, 3.63) is 66.6 Å².